The van der Waals surface area contributed by atoms with E-state index in [0.29, 0.717) is 0 Å². The number of aryl methyl sites for hydroxylation is 1. The molecule has 1 heterocycles. The fraction of sp³-hybridized carbons (Fsp3) is 0.333. The number of halogens is 1. The largest absolute Gasteiger partial charge is 0.239 e. The number of benzene rings is 1. The predicted molar refractivity (Wildman–Crippen MR) is 68.0 cm³/mol. The van der Waals surface area contributed by atoms with Crippen molar-refractivity contribution in [1.82, 2.24) is 4.98 Å². The fourth-order valence-electron chi connectivity index (χ4n) is 1.47. The molecule has 0 fully saturated rings. The van der Waals surface area contributed by atoms with Crippen LogP contribution in [0.1, 0.15) is 24.4 Å². The van der Waals surface area contributed by atoms with Crippen molar-refractivity contribution in [2.75, 3.05) is 0 Å². The maximum absolute atomic E-state index is 9.09. The van der Waals surface area contributed by atoms with Crippen molar-refractivity contribution in [2.45, 2.75) is 26.2 Å². The van der Waals surface area contributed by atoms with Crippen LogP contribution in [0, 0.1) is 18.3 Å². The molecule has 2 aromatic rings. The van der Waals surface area contributed by atoms with Gasteiger partial charge >= 0.3 is 0 Å². The molecule has 0 bridgehead atoms. The van der Waals surface area contributed by atoms with Crippen molar-refractivity contribution in [3.8, 4) is 6.07 Å². The van der Waals surface area contributed by atoms with Gasteiger partial charge in [0.15, 0.2) is 0 Å². The number of fused-ring (bicyclic) bond motifs is 1. The zero-order chi connectivity index (χ0) is 11.9. The molecule has 0 radical (unpaired) electrons. The summed E-state index contributed by atoms with van der Waals surface area (Å²) < 4.78 is 1.04. The number of rotatable bonds is 1. The van der Waals surface area contributed by atoms with Gasteiger partial charge in [0.05, 0.1) is 16.3 Å². The second-order valence-electron chi connectivity index (χ2n) is 4.33. The third-order valence-electron chi connectivity index (χ3n) is 2.46. The highest BCUT2D eigenvalue weighted by molar-refractivity contribution is 7.18. The molecule has 0 aliphatic rings. The van der Waals surface area contributed by atoms with Gasteiger partial charge in [0.1, 0.15) is 10.4 Å². The third-order valence-corrected chi connectivity index (χ3v) is 4.01. The first-order valence-corrected chi connectivity index (χ1v) is 6.12. The van der Waals surface area contributed by atoms with Crippen LogP contribution < -0.4 is 0 Å². The van der Waals surface area contributed by atoms with Gasteiger partial charge in [-0.3, -0.25) is 0 Å². The number of nitriles is 1. The summed E-state index contributed by atoms with van der Waals surface area (Å²) in [6.07, 6.45) is 0. The predicted octanol–water partition coefficient (Wildman–Crippen LogP) is 4.06. The van der Waals surface area contributed by atoms with E-state index in [1.807, 2.05) is 32.9 Å². The minimum atomic E-state index is -0.539. The summed E-state index contributed by atoms with van der Waals surface area (Å²) >= 11 is 7.53. The van der Waals surface area contributed by atoms with E-state index in [2.05, 4.69) is 11.1 Å². The second-order valence-corrected chi connectivity index (χ2v) is 5.79. The molecule has 0 spiro atoms. The highest BCUT2D eigenvalue weighted by Crippen LogP contribution is 2.33. The molecule has 0 saturated carbocycles. The average Bonchev–Trinajstić information content (AvgIpc) is 2.62. The van der Waals surface area contributed by atoms with Gasteiger partial charge in [0.2, 0.25) is 0 Å². The van der Waals surface area contributed by atoms with Gasteiger partial charge in [0, 0.05) is 5.02 Å². The molecule has 0 saturated heterocycles. The van der Waals surface area contributed by atoms with E-state index in [0.717, 1.165) is 25.8 Å². The van der Waals surface area contributed by atoms with E-state index in [-0.39, 0.29) is 0 Å². The minimum Gasteiger partial charge on any atom is -0.239 e. The number of nitrogens with zero attached hydrogens (tertiary/aromatic N) is 2. The molecule has 0 unspecified atom stereocenters. The van der Waals surface area contributed by atoms with E-state index >= 15 is 0 Å². The molecule has 0 aliphatic heterocycles. The number of hydrogen-bond donors (Lipinski definition) is 0. The molecule has 82 valence electrons. The maximum atomic E-state index is 9.09. The lowest BCUT2D eigenvalue weighted by Gasteiger charge is -2.09. The van der Waals surface area contributed by atoms with Gasteiger partial charge in [-0.25, -0.2) is 4.98 Å². The zero-order valence-corrected chi connectivity index (χ0v) is 10.9. The summed E-state index contributed by atoms with van der Waals surface area (Å²) in [6.45, 7) is 5.74. The Balaban J connectivity index is 2.71. The van der Waals surface area contributed by atoms with Crippen molar-refractivity contribution in [3.63, 3.8) is 0 Å². The molecule has 16 heavy (non-hydrogen) atoms. The summed E-state index contributed by atoms with van der Waals surface area (Å²) in [5.41, 5.74) is 1.47. The Kier molecular flexibility index (Phi) is 2.65. The summed E-state index contributed by atoms with van der Waals surface area (Å²) in [6, 6.07) is 6.06. The lowest BCUT2D eigenvalue weighted by atomic mass is 9.97. The Hall–Kier alpha value is -1.11. The Morgan fingerprint density at radius 3 is 2.75 bits per heavy atom. The highest BCUT2D eigenvalue weighted by atomic mass is 35.5. The topological polar surface area (TPSA) is 36.7 Å². The number of hydrogen-bond acceptors (Lipinski definition) is 3. The van der Waals surface area contributed by atoms with Crippen LogP contribution in [0.2, 0.25) is 5.02 Å². The van der Waals surface area contributed by atoms with E-state index in [1.165, 1.54) is 11.3 Å². The molecule has 2 rings (SSSR count). The van der Waals surface area contributed by atoms with Crippen molar-refractivity contribution >= 4 is 33.2 Å². The van der Waals surface area contributed by atoms with Gasteiger partial charge in [-0.15, -0.1) is 11.3 Å². The normalized spacial score (nSPS) is 11.7. The summed E-state index contributed by atoms with van der Waals surface area (Å²) in [5.74, 6) is 0. The highest BCUT2D eigenvalue weighted by Gasteiger charge is 2.24. The fourth-order valence-corrected chi connectivity index (χ4v) is 2.94. The lowest BCUT2D eigenvalue weighted by molar-refractivity contribution is 0.682. The van der Waals surface area contributed by atoms with Gasteiger partial charge in [-0.05, 0) is 38.5 Å². The molecular weight excluding hydrogens is 240 g/mol. The third kappa shape index (κ3) is 1.79. The Morgan fingerprint density at radius 2 is 2.12 bits per heavy atom. The standard InChI is InChI=1S/C12H11ClN2S/c1-7-4-8(13)5-9-10(7)15-11(16-9)12(2,3)6-14/h4-5H,1-3H3. The van der Waals surface area contributed by atoms with Gasteiger partial charge in [0.25, 0.3) is 0 Å². The number of aromatic nitrogens is 1. The Labute approximate surface area is 103 Å². The monoisotopic (exact) mass is 250 g/mol. The van der Waals surface area contributed by atoms with Crippen LogP contribution in [0.25, 0.3) is 10.2 Å². The molecule has 2 nitrogen and oxygen atoms in total. The Bertz CT molecular complexity index is 593. The van der Waals surface area contributed by atoms with Crippen LogP contribution in [-0.4, -0.2) is 4.98 Å². The van der Waals surface area contributed by atoms with Crippen LogP contribution in [0.5, 0.6) is 0 Å². The quantitative estimate of drug-likeness (QED) is 0.765. The van der Waals surface area contributed by atoms with E-state index < -0.39 is 5.41 Å². The first-order chi connectivity index (χ1) is 7.44. The summed E-state index contributed by atoms with van der Waals surface area (Å²) in [4.78, 5) is 4.53. The molecule has 0 atom stereocenters. The van der Waals surface area contributed by atoms with Gasteiger partial charge < -0.3 is 0 Å². The Morgan fingerprint density at radius 1 is 1.44 bits per heavy atom. The van der Waals surface area contributed by atoms with Crippen LogP contribution in [0.15, 0.2) is 12.1 Å². The second kappa shape index (κ2) is 3.73. The minimum absolute atomic E-state index is 0.539. The molecule has 0 aliphatic carbocycles. The van der Waals surface area contributed by atoms with Crippen molar-refractivity contribution in [3.05, 3.63) is 27.7 Å². The first-order valence-electron chi connectivity index (χ1n) is 4.92. The average molecular weight is 251 g/mol. The molecule has 4 heteroatoms. The summed E-state index contributed by atoms with van der Waals surface area (Å²) in [7, 11) is 0. The van der Waals surface area contributed by atoms with Gasteiger partial charge in [-0.1, -0.05) is 11.6 Å². The van der Waals surface area contributed by atoms with E-state index in [1.54, 1.807) is 0 Å². The maximum Gasteiger partial charge on any atom is 0.114 e. The molecule has 1 aromatic carbocycles. The van der Waals surface area contributed by atoms with Crippen molar-refractivity contribution in [1.29, 1.82) is 5.26 Å². The number of thiazole rings is 1. The molecule has 1 aromatic heterocycles. The van der Waals surface area contributed by atoms with Crippen molar-refractivity contribution < 1.29 is 0 Å². The van der Waals surface area contributed by atoms with Crippen LogP contribution in [0.3, 0.4) is 0 Å². The molecule has 0 amide bonds. The van der Waals surface area contributed by atoms with Gasteiger partial charge in [-0.2, -0.15) is 5.26 Å². The van der Waals surface area contributed by atoms with Crippen molar-refractivity contribution in [2.24, 2.45) is 0 Å². The van der Waals surface area contributed by atoms with Crippen LogP contribution in [-0.2, 0) is 5.41 Å². The summed E-state index contributed by atoms with van der Waals surface area (Å²) in [5, 5.41) is 10.6. The van der Waals surface area contributed by atoms with E-state index in [9.17, 15) is 0 Å². The van der Waals surface area contributed by atoms with Crippen LogP contribution >= 0.6 is 22.9 Å². The van der Waals surface area contributed by atoms with E-state index in [4.69, 9.17) is 16.9 Å². The zero-order valence-electron chi connectivity index (χ0n) is 9.34. The lowest BCUT2D eigenvalue weighted by Crippen LogP contribution is -2.12. The SMILES string of the molecule is Cc1cc(Cl)cc2sc(C(C)(C)C#N)nc12. The molecular formula is C12H11ClN2S. The first kappa shape index (κ1) is 11.4. The van der Waals surface area contributed by atoms with Crippen LogP contribution in [0.4, 0.5) is 0 Å². The molecule has 0 N–H and O–H groups in total. The smallest absolute Gasteiger partial charge is 0.114 e.